The van der Waals surface area contributed by atoms with Gasteiger partial charge in [-0.05, 0) is 12.8 Å². The first-order chi connectivity index (χ1) is 7.02. The molecule has 0 aliphatic heterocycles. The van der Waals surface area contributed by atoms with E-state index >= 15 is 0 Å². The summed E-state index contributed by atoms with van der Waals surface area (Å²) in [5, 5.41) is 9.02. The second-order valence-corrected chi connectivity index (χ2v) is 3.67. The molecule has 0 aromatic heterocycles. The third-order valence-corrected chi connectivity index (χ3v) is 2.26. The number of carboxylic acid groups (broad SMARTS) is 1. The first kappa shape index (κ1) is 13.9. The summed E-state index contributed by atoms with van der Waals surface area (Å²) in [6.45, 7) is 5.18. The van der Waals surface area contributed by atoms with Gasteiger partial charge in [0, 0.05) is 6.92 Å². The normalized spacial score (nSPS) is 14.3. The molecule has 0 amide bonds. The van der Waals surface area contributed by atoms with Crippen LogP contribution in [0.2, 0.25) is 0 Å². The lowest BCUT2D eigenvalue weighted by Crippen LogP contribution is -2.32. The lowest BCUT2D eigenvalue weighted by atomic mass is 9.94. The first-order valence-corrected chi connectivity index (χ1v) is 5.42. The molecule has 0 aliphatic rings. The molecule has 0 rings (SSSR count). The van der Waals surface area contributed by atoms with Gasteiger partial charge in [0.05, 0.1) is 5.92 Å². The van der Waals surface area contributed by atoms with E-state index in [4.69, 9.17) is 9.84 Å². The number of hydrogen-bond donors (Lipinski definition) is 1. The Bertz CT molecular complexity index is 213. The summed E-state index contributed by atoms with van der Waals surface area (Å²) in [5.74, 6) is -1.86. The van der Waals surface area contributed by atoms with Gasteiger partial charge in [-0.1, -0.05) is 26.7 Å². The van der Waals surface area contributed by atoms with E-state index in [1.165, 1.54) is 6.92 Å². The van der Waals surface area contributed by atoms with Gasteiger partial charge in [0.15, 0.2) is 0 Å². The minimum Gasteiger partial charge on any atom is -0.481 e. The summed E-state index contributed by atoms with van der Waals surface area (Å²) >= 11 is 0. The fraction of sp³-hybridized carbons (Fsp3) is 0.818. The quantitative estimate of drug-likeness (QED) is 0.663. The van der Waals surface area contributed by atoms with E-state index in [0.29, 0.717) is 12.8 Å². The molecule has 2 atom stereocenters. The van der Waals surface area contributed by atoms with Crippen LogP contribution in [0.25, 0.3) is 0 Å². The highest BCUT2D eigenvalue weighted by Crippen LogP contribution is 2.19. The maximum absolute atomic E-state index is 11.0. The molecular formula is C11H20O4. The van der Waals surface area contributed by atoms with Gasteiger partial charge in [-0.15, -0.1) is 0 Å². The van der Waals surface area contributed by atoms with Crippen molar-refractivity contribution in [2.75, 3.05) is 0 Å². The second-order valence-electron chi connectivity index (χ2n) is 3.67. The van der Waals surface area contributed by atoms with Crippen LogP contribution in [0, 0.1) is 5.92 Å². The van der Waals surface area contributed by atoms with Crippen LogP contribution in [-0.2, 0) is 14.3 Å². The lowest BCUT2D eigenvalue weighted by molar-refractivity contribution is -0.157. The van der Waals surface area contributed by atoms with E-state index in [2.05, 4.69) is 0 Å². The van der Waals surface area contributed by atoms with Crippen LogP contribution in [0.15, 0.2) is 0 Å². The van der Waals surface area contributed by atoms with Crippen molar-refractivity contribution in [3.8, 4) is 0 Å². The SMILES string of the molecule is CCCC(OC(C)=O)C(CCC)C(=O)O. The molecule has 0 fully saturated rings. The highest BCUT2D eigenvalue weighted by Gasteiger charge is 2.28. The van der Waals surface area contributed by atoms with Crippen molar-refractivity contribution in [1.82, 2.24) is 0 Å². The van der Waals surface area contributed by atoms with Crippen molar-refractivity contribution in [2.45, 2.75) is 52.6 Å². The zero-order valence-electron chi connectivity index (χ0n) is 9.66. The third kappa shape index (κ3) is 5.40. The minimum absolute atomic E-state index is 0.407. The summed E-state index contributed by atoms with van der Waals surface area (Å²) in [6, 6.07) is 0. The van der Waals surface area contributed by atoms with Crippen molar-refractivity contribution in [3.63, 3.8) is 0 Å². The average Bonchev–Trinajstić information content (AvgIpc) is 2.12. The average molecular weight is 216 g/mol. The fourth-order valence-corrected chi connectivity index (χ4v) is 1.62. The smallest absolute Gasteiger partial charge is 0.310 e. The first-order valence-electron chi connectivity index (χ1n) is 5.42. The van der Waals surface area contributed by atoms with Gasteiger partial charge in [0.25, 0.3) is 0 Å². The van der Waals surface area contributed by atoms with Gasteiger partial charge in [-0.25, -0.2) is 0 Å². The predicted molar refractivity (Wildman–Crippen MR) is 56.5 cm³/mol. The minimum atomic E-state index is -0.878. The molecule has 88 valence electrons. The van der Waals surface area contributed by atoms with Gasteiger partial charge in [0.1, 0.15) is 6.10 Å². The fourth-order valence-electron chi connectivity index (χ4n) is 1.62. The highest BCUT2D eigenvalue weighted by molar-refractivity contribution is 5.72. The number of aliphatic carboxylic acids is 1. The molecule has 15 heavy (non-hydrogen) atoms. The van der Waals surface area contributed by atoms with Crippen LogP contribution in [0.4, 0.5) is 0 Å². The number of ether oxygens (including phenoxy) is 1. The Morgan fingerprint density at radius 3 is 2.07 bits per heavy atom. The van der Waals surface area contributed by atoms with Crippen molar-refractivity contribution in [2.24, 2.45) is 5.92 Å². The molecular weight excluding hydrogens is 196 g/mol. The van der Waals surface area contributed by atoms with E-state index in [0.717, 1.165) is 12.8 Å². The summed E-state index contributed by atoms with van der Waals surface area (Å²) < 4.78 is 5.05. The highest BCUT2D eigenvalue weighted by atomic mass is 16.5. The number of carbonyl (C=O) groups is 2. The Balaban J connectivity index is 4.50. The van der Waals surface area contributed by atoms with Crippen LogP contribution < -0.4 is 0 Å². The number of hydrogen-bond acceptors (Lipinski definition) is 3. The molecule has 4 nitrogen and oxygen atoms in total. The van der Waals surface area contributed by atoms with Crippen molar-refractivity contribution in [1.29, 1.82) is 0 Å². The van der Waals surface area contributed by atoms with Crippen LogP contribution >= 0.6 is 0 Å². The maximum Gasteiger partial charge on any atom is 0.310 e. The number of carboxylic acids is 1. The Hall–Kier alpha value is -1.06. The maximum atomic E-state index is 11.0. The molecule has 2 unspecified atom stereocenters. The zero-order chi connectivity index (χ0) is 11.8. The number of carbonyl (C=O) groups excluding carboxylic acids is 1. The molecule has 0 aromatic carbocycles. The Labute approximate surface area is 90.6 Å². The Morgan fingerprint density at radius 1 is 1.20 bits per heavy atom. The summed E-state index contributed by atoms with van der Waals surface area (Å²) in [6.07, 6.45) is 2.26. The van der Waals surface area contributed by atoms with Crippen LogP contribution in [0.1, 0.15) is 46.5 Å². The molecule has 1 N–H and O–H groups in total. The molecule has 0 aliphatic carbocycles. The Kier molecular flexibility index (Phi) is 6.75. The van der Waals surface area contributed by atoms with Crippen molar-refractivity contribution in [3.05, 3.63) is 0 Å². The van der Waals surface area contributed by atoms with Gasteiger partial charge in [-0.2, -0.15) is 0 Å². The van der Waals surface area contributed by atoms with Gasteiger partial charge in [-0.3, -0.25) is 9.59 Å². The summed E-state index contributed by atoms with van der Waals surface area (Å²) in [4.78, 5) is 21.8. The molecule has 0 saturated carbocycles. The summed E-state index contributed by atoms with van der Waals surface area (Å²) in [5.41, 5.74) is 0. The molecule has 0 aromatic rings. The molecule has 0 bridgehead atoms. The van der Waals surface area contributed by atoms with E-state index in [9.17, 15) is 9.59 Å². The standard InChI is InChI=1S/C11H20O4/c1-4-6-9(11(13)14)10(7-5-2)15-8(3)12/h9-10H,4-7H2,1-3H3,(H,13,14). The van der Waals surface area contributed by atoms with E-state index in [1.807, 2.05) is 13.8 Å². The van der Waals surface area contributed by atoms with Crippen LogP contribution in [-0.4, -0.2) is 23.1 Å². The van der Waals surface area contributed by atoms with Gasteiger partial charge in [0.2, 0.25) is 0 Å². The van der Waals surface area contributed by atoms with Crippen molar-refractivity contribution < 1.29 is 19.4 Å². The van der Waals surface area contributed by atoms with Crippen LogP contribution in [0.3, 0.4) is 0 Å². The molecule has 0 spiro atoms. The zero-order valence-corrected chi connectivity index (χ0v) is 9.66. The molecule has 0 saturated heterocycles. The number of rotatable bonds is 7. The second kappa shape index (κ2) is 7.26. The van der Waals surface area contributed by atoms with E-state index in [1.54, 1.807) is 0 Å². The van der Waals surface area contributed by atoms with Crippen LogP contribution in [0.5, 0.6) is 0 Å². The number of esters is 1. The molecule has 0 radical (unpaired) electrons. The van der Waals surface area contributed by atoms with E-state index < -0.39 is 24.0 Å². The van der Waals surface area contributed by atoms with Crippen molar-refractivity contribution >= 4 is 11.9 Å². The molecule has 0 heterocycles. The van der Waals surface area contributed by atoms with Gasteiger partial charge >= 0.3 is 11.9 Å². The predicted octanol–water partition coefficient (Wildman–Crippen LogP) is 2.22. The summed E-state index contributed by atoms with van der Waals surface area (Å²) in [7, 11) is 0. The monoisotopic (exact) mass is 216 g/mol. The molecule has 4 heteroatoms. The lowest BCUT2D eigenvalue weighted by Gasteiger charge is -2.22. The van der Waals surface area contributed by atoms with Gasteiger partial charge < -0.3 is 9.84 Å². The topological polar surface area (TPSA) is 63.6 Å². The Morgan fingerprint density at radius 2 is 1.73 bits per heavy atom. The van der Waals surface area contributed by atoms with E-state index in [-0.39, 0.29) is 0 Å². The largest absolute Gasteiger partial charge is 0.481 e. The third-order valence-electron chi connectivity index (χ3n) is 2.26.